The van der Waals surface area contributed by atoms with Crippen molar-refractivity contribution in [1.82, 2.24) is 15.2 Å². The van der Waals surface area contributed by atoms with Crippen molar-refractivity contribution in [2.24, 2.45) is 0 Å². The van der Waals surface area contributed by atoms with Gasteiger partial charge in [-0.25, -0.2) is 19.5 Å². The summed E-state index contributed by atoms with van der Waals surface area (Å²) in [5.41, 5.74) is 1.17. The fraction of sp³-hybridized carbons (Fsp3) is 0.240. The predicted octanol–water partition coefficient (Wildman–Crippen LogP) is 2.51. The minimum atomic E-state index is -1.24. The molecule has 1 fully saturated rings. The summed E-state index contributed by atoms with van der Waals surface area (Å²) in [7, 11) is 2.73. The number of fused-ring (bicyclic) bond motifs is 1. The zero-order valence-electron chi connectivity index (χ0n) is 20.3. The van der Waals surface area contributed by atoms with Gasteiger partial charge in [-0.3, -0.25) is 9.59 Å². The molecule has 5 rings (SSSR count). The van der Waals surface area contributed by atoms with Gasteiger partial charge in [0.1, 0.15) is 17.8 Å². The van der Waals surface area contributed by atoms with E-state index in [9.17, 15) is 19.2 Å². The van der Waals surface area contributed by atoms with Gasteiger partial charge in [0.25, 0.3) is 5.91 Å². The average Bonchev–Trinajstić information content (AvgIpc) is 3.66. The van der Waals surface area contributed by atoms with Crippen LogP contribution in [0, 0.1) is 0 Å². The number of hydrogen-bond donors (Lipinski definition) is 2. The Morgan fingerprint density at radius 3 is 2.79 bits per heavy atom. The molecule has 1 aromatic heterocycles. The van der Waals surface area contributed by atoms with Crippen molar-refractivity contribution in [2.75, 3.05) is 26.3 Å². The smallest absolute Gasteiger partial charge is 0.357 e. The molecule has 2 aromatic carbocycles. The lowest BCUT2D eigenvalue weighted by atomic mass is 10.0. The molecule has 4 amide bonds. The molecule has 2 aliphatic heterocycles. The van der Waals surface area contributed by atoms with Crippen molar-refractivity contribution in [1.29, 1.82) is 0 Å². The molecule has 0 radical (unpaired) electrons. The summed E-state index contributed by atoms with van der Waals surface area (Å²) in [5.74, 6) is -0.374. The zero-order chi connectivity index (χ0) is 26.8. The number of hydrogen-bond acceptors (Lipinski definition) is 10. The Balaban J connectivity index is 1.44. The molecule has 2 atom stereocenters. The molecule has 0 saturated carbocycles. The van der Waals surface area contributed by atoms with E-state index < -0.39 is 35.9 Å². The van der Waals surface area contributed by atoms with E-state index in [0.29, 0.717) is 28.4 Å². The number of carbonyl (C=O) groups is 4. The first-order chi connectivity index (χ1) is 18.4. The van der Waals surface area contributed by atoms with Crippen molar-refractivity contribution in [3.63, 3.8) is 0 Å². The Kier molecular flexibility index (Phi) is 6.83. The van der Waals surface area contributed by atoms with Gasteiger partial charge in [-0.05, 0) is 35.4 Å². The molecular formula is C25H22N4O8S. The highest BCUT2D eigenvalue weighted by Gasteiger charge is 2.45. The number of esters is 1. The Labute approximate surface area is 220 Å². The van der Waals surface area contributed by atoms with E-state index in [2.05, 4.69) is 20.4 Å². The number of rotatable bonds is 8. The summed E-state index contributed by atoms with van der Waals surface area (Å²) < 4.78 is 20.6. The van der Waals surface area contributed by atoms with Gasteiger partial charge < -0.3 is 29.6 Å². The number of imide groups is 1. The molecule has 38 heavy (non-hydrogen) atoms. The summed E-state index contributed by atoms with van der Waals surface area (Å²) in [5, 5.41) is 6.82. The van der Waals surface area contributed by atoms with E-state index in [-0.39, 0.29) is 24.0 Å². The average molecular weight is 539 g/mol. The van der Waals surface area contributed by atoms with Crippen LogP contribution in [0.15, 0.2) is 47.8 Å². The largest absolute Gasteiger partial charge is 0.497 e. The molecule has 196 valence electrons. The lowest BCUT2D eigenvalue weighted by Gasteiger charge is -2.24. The number of thiazole rings is 1. The molecule has 2 unspecified atom stereocenters. The second kappa shape index (κ2) is 10.4. The first kappa shape index (κ1) is 25.0. The predicted molar refractivity (Wildman–Crippen MR) is 133 cm³/mol. The second-order valence-electron chi connectivity index (χ2n) is 8.29. The van der Waals surface area contributed by atoms with Crippen LogP contribution in [0.3, 0.4) is 0 Å². The van der Waals surface area contributed by atoms with Crippen LogP contribution in [0.2, 0.25) is 0 Å². The maximum Gasteiger partial charge on any atom is 0.357 e. The highest BCUT2D eigenvalue weighted by molar-refractivity contribution is 7.14. The monoisotopic (exact) mass is 538 g/mol. The van der Waals surface area contributed by atoms with Crippen molar-refractivity contribution in [3.8, 4) is 17.2 Å². The summed E-state index contributed by atoms with van der Waals surface area (Å²) in [6.45, 7) is 0.0626. The number of anilines is 1. The molecule has 2 aliphatic rings. The van der Waals surface area contributed by atoms with E-state index in [4.69, 9.17) is 14.2 Å². The van der Waals surface area contributed by atoms with Gasteiger partial charge in [-0.2, -0.15) is 0 Å². The maximum atomic E-state index is 13.6. The molecular weight excluding hydrogens is 516 g/mol. The summed E-state index contributed by atoms with van der Waals surface area (Å²) in [6, 6.07) is 8.90. The van der Waals surface area contributed by atoms with Gasteiger partial charge in [0, 0.05) is 11.8 Å². The Hall–Kier alpha value is -4.65. The van der Waals surface area contributed by atoms with E-state index in [1.165, 1.54) is 19.6 Å². The molecule has 1 saturated heterocycles. The Morgan fingerprint density at radius 1 is 1.18 bits per heavy atom. The van der Waals surface area contributed by atoms with Crippen molar-refractivity contribution >= 4 is 40.3 Å². The number of amides is 4. The number of nitrogens with one attached hydrogen (secondary N) is 2. The van der Waals surface area contributed by atoms with Crippen LogP contribution in [-0.4, -0.2) is 60.8 Å². The minimum Gasteiger partial charge on any atom is -0.497 e. The van der Waals surface area contributed by atoms with Crippen molar-refractivity contribution in [3.05, 3.63) is 64.7 Å². The fourth-order valence-corrected chi connectivity index (χ4v) is 4.83. The third kappa shape index (κ3) is 4.83. The van der Waals surface area contributed by atoms with E-state index in [1.54, 1.807) is 42.5 Å². The maximum absolute atomic E-state index is 13.6. The minimum absolute atomic E-state index is 0.00524. The quantitative estimate of drug-likeness (QED) is 0.326. The topological polar surface area (TPSA) is 145 Å². The number of nitrogens with zero attached hydrogens (tertiary/aromatic N) is 2. The summed E-state index contributed by atoms with van der Waals surface area (Å²) in [4.78, 5) is 56.9. The standard InChI is InChI=1S/C25H22N4O8S/c1-34-15-5-3-4-13(8-15)9-17(21(30)28-24-26-16(11-38-24)23(32)35-2)29-22(31)20(27-25(29)33)14-6-7-18-19(10-14)37-12-36-18/h3-8,10-11,17,20H,9,12H2,1-2H3,(H,27,33)(H,26,28,30). The van der Waals surface area contributed by atoms with Crippen LogP contribution in [0.1, 0.15) is 27.7 Å². The lowest BCUT2D eigenvalue weighted by molar-refractivity contribution is -0.134. The Morgan fingerprint density at radius 2 is 2.00 bits per heavy atom. The van der Waals surface area contributed by atoms with Gasteiger partial charge in [-0.1, -0.05) is 18.2 Å². The van der Waals surface area contributed by atoms with Crippen LogP contribution in [0.4, 0.5) is 9.93 Å². The van der Waals surface area contributed by atoms with Crippen LogP contribution in [0.25, 0.3) is 0 Å². The molecule has 3 aromatic rings. The SMILES string of the molecule is COC(=O)c1csc(NC(=O)C(Cc2cccc(OC)c2)N2C(=O)NC(c3ccc4c(c3)OCO4)C2=O)n1. The summed E-state index contributed by atoms with van der Waals surface area (Å²) >= 11 is 1.01. The lowest BCUT2D eigenvalue weighted by Crippen LogP contribution is -2.49. The molecule has 13 heteroatoms. The number of benzene rings is 2. The highest BCUT2D eigenvalue weighted by Crippen LogP contribution is 2.36. The van der Waals surface area contributed by atoms with E-state index in [0.717, 1.165) is 16.2 Å². The molecule has 0 aliphatic carbocycles. The fourth-order valence-electron chi connectivity index (χ4n) is 4.15. The van der Waals surface area contributed by atoms with E-state index >= 15 is 0 Å². The van der Waals surface area contributed by atoms with Crippen molar-refractivity contribution < 1.29 is 38.1 Å². The molecule has 2 N–H and O–H groups in total. The van der Waals surface area contributed by atoms with E-state index in [1.807, 2.05) is 0 Å². The molecule has 12 nitrogen and oxygen atoms in total. The number of aromatic nitrogens is 1. The third-order valence-corrected chi connectivity index (χ3v) is 6.77. The van der Waals surface area contributed by atoms with Gasteiger partial charge >= 0.3 is 12.0 Å². The van der Waals surface area contributed by atoms with Crippen molar-refractivity contribution in [2.45, 2.75) is 18.5 Å². The van der Waals surface area contributed by atoms with Crippen LogP contribution in [-0.2, 0) is 20.7 Å². The van der Waals surface area contributed by atoms with Crippen LogP contribution >= 0.6 is 11.3 Å². The first-order valence-electron chi connectivity index (χ1n) is 11.4. The first-order valence-corrected chi connectivity index (χ1v) is 12.3. The second-order valence-corrected chi connectivity index (χ2v) is 9.15. The number of ether oxygens (including phenoxy) is 4. The highest BCUT2D eigenvalue weighted by atomic mass is 32.1. The molecule has 3 heterocycles. The summed E-state index contributed by atoms with van der Waals surface area (Å²) in [6.07, 6.45) is 0.00524. The number of carbonyl (C=O) groups excluding carboxylic acids is 4. The van der Waals surface area contributed by atoms with Crippen LogP contribution in [0.5, 0.6) is 17.2 Å². The van der Waals surface area contributed by atoms with Crippen LogP contribution < -0.4 is 24.8 Å². The van der Waals surface area contributed by atoms with Gasteiger partial charge in [-0.15, -0.1) is 11.3 Å². The molecule has 0 spiro atoms. The van der Waals surface area contributed by atoms with Gasteiger partial charge in [0.15, 0.2) is 22.3 Å². The van der Waals surface area contributed by atoms with Gasteiger partial charge in [0.2, 0.25) is 12.7 Å². The Bertz CT molecular complexity index is 1420. The normalized spacial score (nSPS) is 16.7. The number of urea groups is 1. The zero-order valence-corrected chi connectivity index (χ0v) is 21.1. The van der Waals surface area contributed by atoms with Gasteiger partial charge in [0.05, 0.1) is 14.2 Å². The number of methoxy groups -OCH3 is 2. The third-order valence-electron chi connectivity index (χ3n) is 6.01. The molecule has 0 bridgehead atoms.